The smallest absolute Gasteiger partial charge is 0.410 e. The Morgan fingerprint density at radius 1 is 1.10 bits per heavy atom. The molecule has 2 N–H and O–H groups in total. The van der Waals surface area contributed by atoms with Crippen molar-refractivity contribution in [1.82, 2.24) is 29.8 Å². The molecule has 200 valence electrons. The maximum Gasteiger partial charge on any atom is 0.410 e. The normalized spacial score (nSPS) is 14.0. The highest BCUT2D eigenvalue weighted by molar-refractivity contribution is 5.94. The van der Waals surface area contributed by atoms with Crippen molar-refractivity contribution in [3.63, 3.8) is 0 Å². The van der Waals surface area contributed by atoms with Gasteiger partial charge in [-0.2, -0.15) is 4.98 Å². The van der Waals surface area contributed by atoms with Crippen LogP contribution in [0.4, 0.5) is 16.4 Å². The van der Waals surface area contributed by atoms with Crippen molar-refractivity contribution >= 4 is 34.9 Å². The van der Waals surface area contributed by atoms with Crippen molar-refractivity contribution in [2.45, 2.75) is 32.7 Å². The fourth-order valence-electron chi connectivity index (χ4n) is 4.57. The van der Waals surface area contributed by atoms with Gasteiger partial charge in [0, 0.05) is 54.5 Å². The fourth-order valence-corrected chi connectivity index (χ4v) is 4.57. The number of carbonyl (C=O) groups excluding carboxylic acids is 2. The summed E-state index contributed by atoms with van der Waals surface area (Å²) in [6.07, 6.45) is 8.55. The third-order valence-corrected chi connectivity index (χ3v) is 6.52. The summed E-state index contributed by atoms with van der Waals surface area (Å²) >= 11 is 0. The molecule has 0 saturated carbocycles. The van der Waals surface area contributed by atoms with Crippen molar-refractivity contribution in [3.05, 3.63) is 89.9 Å². The molecule has 5 rings (SSSR count). The molecule has 1 aromatic carbocycles. The standard InChI is InChI=1S/C29H31N7O3/c1-3-39-29(38)35-17-12-22(13-18-35)25-5-4-16-36-26(25)33-28(34-36)32-24-8-6-23(7-9-24)27(37)31-20(2)19-21-10-14-30-15-11-21/h4-12,14-16,20H,3,13,17-19H2,1-2H3,(H,31,37)(H,32,34). The van der Waals surface area contributed by atoms with E-state index < -0.39 is 0 Å². The highest BCUT2D eigenvalue weighted by atomic mass is 16.6. The third kappa shape index (κ3) is 6.23. The molecule has 3 aromatic heterocycles. The number of amides is 2. The quantitative estimate of drug-likeness (QED) is 0.349. The lowest BCUT2D eigenvalue weighted by Gasteiger charge is -2.25. The molecule has 1 aliphatic rings. The Hall–Kier alpha value is -4.73. The number of benzene rings is 1. The summed E-state index contributed by atoms with van der Waals surface area (Å²) < 4.78 is 6.85. The average Bonchev–Trinajstić information content (AvgIpc) is 3.36. The number of hydrogen-bond donors (Lipinski definition) is 2. The molecule has 0 fully saturated rings. The molecule has 10 nitrogen and oxygen atoms in total. The van der Waals surface area contributed by atoms with Crippen LogP contribution >= 0.6 is 0 Å². The van der Waals surface area contributed by atoms with Gasteiger partial charge in [-0.1, -0.05) is 6.08 Å². The number of ether oxygens (including phenoxy) is 1. The number of rotatable bonds is 8. The lowest BCUT2D eigenvalue weighted by molar-refractivity contribution is 0.0939. The Kier molecular flexibility index (Phi) is 7.81. The predicted molar refractivity (Wildman–Crippen MR) is 149 cm³/mol. The molecule has 0 bridgehead atoms. The summed E-state index contributed by atoms with van der Waals surface area (Å²) in [4.78, 5) is 35.2. The van der Waals surface area contributed by atoms with E-state index in [1.54, 1.807) is 40.9 Å². The topological polar surface area (TPSA) is 114 Å². The molecule has 1 aliphatic heterocycles. The number of anilines is 2. The summed E-state index contributed by atoms with van der Waals surface area (Å²) in [7, 11) is 0. The first kappa shape index (κ1) is 25.9. The number of fused-ring (bicyclic) bond motifs is 1. The second-order valence-electron chi connectivity index (χ2n) is 9.39. The molecule has 0 saturated heterocycles. The van der Waals surface area contributed by atoms with Crippen LogP contribution in [0, 0.1) is 0 Å². The zero-order valence-corrected chi connectivity index (χ0v) is 22.0. The van der Waals surface area contributed by atoms with Gasteiger partial charge in [-0.15, -0.1) is 5.10 Å². The summed E-state index contributed by atoms with van der Waals surface area (Å²) in [5, 5.41) is 10.8. The molecule has 4 aromatic rings. The van der Waals surface area contributed by atoms with Crippen molar-refractivity contribution in [2.75, 3.05) is 25.0 Å². The van der Waals surface area contributed by atoms with Gasteiger partial charge in [0.05, 0.1) is 6.61 Å². The molecule has 39 heavy (non-hydrogen) atoms. The Labute approximate surface area is 226 Å². The number of nitrogens with one attached hydrogen (secondary N) is 2. The zero-order chi connectivity index (χ0) is 27.2. The van der Waals surface area contributed by atoms with E-state index in [4.69, 9.17) is 9.72 Å². The lowest BCUT2D eigenvalue weighted by atomic mass is 10.0. The Bertz CT molecular complexity index is 1480. The lowest BCUT2D eigenvalue weighted by Crippen LogP contribution is -2.35. The summed E-state index contributed by atoms with van der Waals surface area (Å²) in [5.74, 6) is 0.330. The van der Waals surface area contributed by atoms with Crippen LogP contribution in [-0.4, -0.2) is 62.2 Å². The van der Waals surface area contributed by atoms with Crippen molar-refractivity contribution in [2.24, 2.45) is 0 Å². The number of pyridine rings is 2. The molecular weight excluding hydrogens is 494 g/mol. The maximum atomic E-state index is 12.7. The van der Waals surface area contributed by atoms with Crippen molar-refractivity contribution in [3.8, 4) is 0 Å². The fraction of sp³-hybridized carbons (Fsp3) is 0.276. The first-order chi connectivity index (χ1) is 19.0. The Balaban J connectivity index is 1.23. The van der Waals surface area contributed by atoms with Gasteiger partial charge in [0.1, 0.15) is 0 Å². The van der Waals surface area contributed by atoms with E-state index in [1.807, 2.05) is 55.6 Å². The van der Waals surface area contributed by atoms with Crippen LogP contribution in [-0.2, 0) is 11.2 Å². The summed E-state index contributed by atoms with van der Waals surface area (Å²) in [6, 6.07) is 15.1. The number of hydrogen-bond acceptors (Lipinski definition) is 7. The Morgan fingerprint density at radius 3 is 2.62 bits per heavy atom. The van der Waals surface area contributed by atoms with Gasteiger partial charge in [0.2, 0.25) is 5.95 Å². The SMILES string of the molecule is CCOC(=O)N1CC=C(c2cccn3nc(Nc4ccc(C(=O)NC(C)Cc5ccncc5)cc4)nc23)CC1. The van der Waals surface area contributed by atoms with Crippen LogP contribution in [0.1, 0.15) is 41.8 Å². The number of aromatic nitrogens is 4. The molecule has 4 heterocycles. The highest BCUT2D eigenvalue weighted by Gasteiger charge is 2.21. The largest absolute Gasteiger partial charge is 0.450 e. The van der Waals surface area contributed by atoms with Gasteiger partial charge in [-0.25, -0.2) is 9.31 Å². The second-order valence-corrected chi connectivity index (χ2v) is 9.39. The monoisotopic (exact) mass is 525 g/mol. The summed E-state index contributed by atoms with van der Waals surface area (Å²) in [6.45, 7) is 5.24. The average molecular weight is 526 g/mol. The van der Waals surface area contributed by atoms with E-state index in [9.17, 15) is 9.59 Å². The van der Waals surface area contributed by atoms with Crippen LogP contribution in [0.15, 0.2) is 73.2 Å². The molecule has 1 atom stereocenters. The number of carbonyl (C=O) groups is 2. The van der Waals surface area contributed by atoms with Crippen LogP contribution in [0.5, 0.6) is 0 Å². The minimum atomic E-state index is -0.289. The highest BCUT2D eigenvalue weighted by Crippen LogP contribution is 2.27. The summed E-state index contributed by atoms with van der Waals surface area (Å²) in [5.41, 5.74) is 5.31. The molecule has 10 heteroatoms. The van der Waals surface area contributed by atoms with Gasteiger partial charge in [-0.05, 0) is 86.4 Å². The van der Waals surface area contributed by atoms with E-state index in [0.29, 0.717) is 37.6 Å². The van der Waals surface area contributed by atoms with Crippen LogP contribution in [0.2, 0.25) is 0 Å². The van der Waals surface area contributed by atoms with Crippen LogP contribution < -0.4 is 10.6 Å². The first-order valence-corrected chi connectivity index (χ1v) is 13.0. The van der Waals surface area contributed by atoms with Gasteiger partial charge in [-0.3, -0.25) is 9.78 Å². The minimum Gasteiger partial charge on any atom is -0.450 e. The molecule has 2 amide bonds. The van der Waals surface area contributed by atoms with Crippen LogP contribution in [0.3, 0.4) is 0 Å². The van der Waals surface area contributed by atoms with E-state index in [-0.39, 0.29) is 18.0 Å². The van der Waals surface area contributed by atoms with E-state index in [1.165, 1.54) is 0 Å². The Morgan fingerprint density at radius 2 is 1.90 bits per heavy atom. The molecule has 0 aliphatic carbocycles. The van der Waals surface area contributed by atoms with E-state index in [2.05, 4.69) is 20.7 Å². The van der Waals surface area contributed by atoms with Gasteiger partial charge < -0.3 is 20.3 Å². The molecule has 0 spiro atoms. The van der Waals surface area contributed by atoms with Crippen molar-refractivity contribution in [1.29, 1.82) is 0 Å². The van der Waals surface area contributed by atoms with Gasteiger partial charge >= 0.3 is 6.09 Å². The molecular formula is C29H31N7O3. The minimum absolute atomic E-state index is 0.0124. The van der Waals surface area contributed by atoms with Gasteiger partial charge in [0.25, 0.3) is 5.91 Å². The van der Waals surface area contributed by atoms with E-state index in [0.717, 1.165) is 34.5 Å². The van der Waals surface area contributed by atoms with Gasteiger partial charge in [0.15, 0.2) is 5.65 Å². The predicted octanol–water partition coefficient (Wildman–Crippen LogP) is 4.47. The maximum absolute atomic E-state index is 12.7. The zero-order valence-electron chi connectivity index (χ0n) is 22.0. The van der Waals surface area contributed by atoms with Crippen molar-refractivity contribution < 1.29 is 14.3 Å². The molecule has 0 radical (unpaired) electrons. The van der Waals surface area contributed by atoms with E-state index >= 15 is 0 Å². The second kappa shape index (κ2) is 11.8. The molecule has 1 unspecified atom stereocenters. The van der Waals surface area contributed by atoms with Crippen LogP contribution in [0.25, 0.3) is 11.2 Å². The number of nitrogens with zero attached hydrogens (tertiary/aromatic N) is 5. The first-order valence-electron chi connectivity index (χ1n) is 13.0. The third-order valence-electron chi connectivity index (χ3n) is 6.52.